The van der Waals surface area contributed by atoms with Crippen LogP contribution in [-0.2, 0) is 6.18 Å². The predicted molar refractivity (Wildman–Crippen MR) is 112 cm³/mol. The number of hydrogen-bond donors (Lipinski definition) is 3. The maximum absolute atomic E-state index is 13.0. The van der Waals surface area contributed by atoms with Crippen molar-refractivity contribution in [2.45, 2.75) is 24.6 Å². The van der Waals surface area contributed by atoms with Crippen molar-refractivity contribution in [3.8, 4) is 22.8 Å². The number of rotatable bonds is 3. The molecule has 32 heavy (non-hydrogen) atoms. The molecule has 0 saturated carbocycles. The third-order valence-electron chi connectivity index (χ3n) is 5.94. The molecular formula is C22H19ClF3NO5. The third-order valence-corrected chi connectivity index (χ3v) is 6.25. The summed E-state index contributed by atoms with van der Waals surface area (Å²) in [5.74, 6) is -1.33. The number of hydrogen-bond acceptors (Lipinski definition) is 6. The van der Waals surface area contributed by atoms with Crippen molar-refractivity contribution in [1.82, 2.24) is 4.90 Å². The van der Waals surface area contributed by atoms with E-state index in [0.717, 1.165) is 30.3 Å². The fourth-order valence-corrected chi connectivity index (χ4v) is 4.59. The van der Waals surface area contributed by atoms with Crippen LogP contribution in [0.15, 0.2) is 39.5 Å². The van der Waals surface area contributed by atoms with Gasteiger partial charge >= 0.3 is 6.18 Å². The summed E-state index contributed by atoms with van der Waals surface area (Å²) in [7, 11) is 1.81. The van der Waals surface area contributed by atoms with Crippen LogP contribution in [0.5, 0.6) is 11.5 Å². The molecule has 1 aliphatic rings. The third kappa shape index (κ3) is 3.70. The second kappa shape index (κ2) is 7.99. The molecule has 1 aliphatic heterocycles. The molecule has 1 saturated heterocycles. The number of fused-ring (bicyclic) bond motifs is 1. The molecule has 0 amide bonds. The average molecular weight is 470 g/mol. The Morgan fingerprint density at radius 3 is 2.53 bits per heavy atom. The first-order valence-corrected chi connectivity index (χ1v) is 10.1. The number of phenolic OH excluding ortho intramolecular Hbond substituents is 2. The number of likely N-dealkylation sites (tertiary alicyclic amines) is 1. The summed E-state index contributed by atoms with van der Waals surface area (Å²) < 4.78 is 44.8. The Bertz CT molecular complexity index is 1260. The minimum absolute atomic E-state index is 0.0506. The van der Waals surface area contributed by atoms with Crippen LogP contribution < -0.4 is 5.43 Å². The number of nitrogens with zero attached hydrogens (tertiary/aromatic N) is 1. The van der Waals surface area contributed by atoms with E-state index in [2.05, 4.69) is 0 Å². The Hall–Kier alpha value is -2.75. The van der Waals surface area contributed by atoms with E-state index in [-0.39, 0.29) is 51.3 Å². The zero-order valence-corrected chi connectivity index (χ0v) is 17.5. The van der Waals surface area contributed by atoms with Gasteiger partial charge < -0.3 is 24.6 Å². The smallest absolute Gasteiger partial charge is 0.416 e. The highest BCUT2D eigenvalue weighted by Crippen LogP contribution is 2.44. The van der Waals surface area contributed by atoms with Crippen molar-refractivity contribution in [1.29, 1.82) is 0 Å². The molecule has 1 aromatic heterocycles. The zero-order chi connectivity index (χ0) is 23.4. The minimum atomic E-state index is -4.59. The SMILES string of the molecule is CN1CCC(c2c(O)cc(O)c3c(=O)cc(-c4ccc(C(F)(F)F)cc4Cl)oc23)[C@@H]1CO. The fourth-order valence-electron chi connectivity index (χ4n) is 4.32. The molecule has 0 aliphatic carbocycles. The van der Waals surface area contributed by atoms with Gasteiger partial charge in [-0.3, -0.25) is 4.79 Å². The monoisotopic (exact) mass is 469 g/mol. The van der Waals surface area contributed by atoms with E-state index in [9.17, 15) is 33.3 Å². The van der Waals surface area contributed by atoms with Crippen LogP contribution in [0, 0.1) is 0 Å². The topological polar surface area (TPSA) is 94.1 Å². The molecule has 1 fully saturated rings. The molecule has 2 aromatic carbocycles. The molecule has 0 bridgehead atoms. The Morgan fingerprint density at radius 1 is 1.19 bits per heavy atom. The normalized spacial score (nSPS) is 19.7. The molecule has 6 nitrogen and oxygen atoms in total. The molecule has 3 aromatic rings. The second-order valence-electron chi connectivity index (χ2n) is 7.83. The quantitative estimate of drug-likeness (QED) is 0.529. The Kier molecular flexibility index (Phi) is 5.60. The number of aliphatic hydroxyl groups excluding tert-OH is 1. The molecule has 1 unspecified atom stereocenters. The maximum atomic E-state index is 13.0. The van der Waals surface area contributed by atoms with Gasteiger partial charge in [-0.25, -0.2) is 0 Å². The highest BCUT2D eigenvalue weighted by molar-refractivity contribution is 6.33. The summed E-state index contributed by atoms with van der Waals surface area (Å²) in [6.07, 6.45) is -4.05. The fraction of sp³-hybridized carbons (Fsp3) is 0.318. The number of halogens is 4. The van der Waals surface area contributed by atoms with Gasteiger partial charge in [0.25, 0.3) is 0 Å². The molecule has 2 heterocycles. The lowest BCUT2D eigenvalue weighted by Crippen LogP contribution is -2.32. The van der Waals surface area contributed by atoms with Crippen LogP contribution >= 0.6 is 11.6 Å². The number of aliphatic hydroxyl groups is 1. The summed E-state index contributed by atoms with van der Waals surface area (Å²) in [6, 6.07) is 4.36. The van der Waals surface area contributed by atoms with E-state index in [1.807, 2.05) is 11.9 Å². The molecule has 0 radical (unpaired) electrons. The molecule has 0 spiro atoms. The predicted octanol–water partition coefficient (Wildman–Crippen LogP) is 4.32. The second-order valence-corrected chi connectivity index (χ2v) is 8.23. The Balaban J connectivity index is 1.96. The maximum Gasteiger partial charge on any atom is 0.416 e. The zero-order valence-electron chi connectivity index (χ0n) is 16.8. The first-order valence-electron chi connectivity index (χ1n) is 9.73. The lowest BCUT2D eigenvalue weighted by atomic mass is 9.89. The van der Waals surface area contributed by atoms with Crippen molar-refractivity contribution >= 4 is 22.6 Å². The van der Waals surface area contributed by atoms with Crippen LogP contribution in [0.2, 0.25) is 5.02 Å². The van der Waals surface area contributed by atoms with E-state index >= 15 is 0 Å². The van der Waals surface area contributed by atoms with Gasteiger partial charge in [-0.15, -0.1) is 0 Å². The van der Waals surface area contributed by atoms with E-state index < -0.39 is 28.8 Å². The summed E-state index contributed by atoms with van der Waals surface area (Å²) in [6.45, 7) is 0.407. The van der Waals surface area contributed by atoms with Gasteiger partial charge in [-0.1, -0.05) is 11.6 Å². The number of phenols is 2. The minimum Gasteiger partial charge on any atom is -0.507 e. The summed E-state index contributed by atoms with van der Waals surface area (Å²) in [5.41, 5.74) is -1.41. The van der Waals surface area contributed by atoms with Crippen molar-refractivity contribution in [2.24, 2.45) is 0 Å². The molecular weight excluding hydrogens is 451 g/mol. The van der Waals surface area contributed by atoms with Gasteiger partial charge in [0, 0.05) is 35.2 Å². The van der Waals surface area contributed by atoms with Gasteiger partial charge in [-0.2, -0.15) is 13.2 Å². The van der Waals surface area contributed by atoms with Gasteiger partial charge in [0.1, 0.15) is 28.2 Å². The van der Waals surface area contributed by atoms with Gasteiger partial charge in [0.2, 0.25) is 0 Å². The van der Waals surface area contributed by atoms with Crippen molar-refractivity contribution in [2.75, 3.05) is 20.2 Å². The first kappa shape index (κ1) is 22.4. The standard InChI is InChI=1S/C22H19ClF3NO5/c1-27-5-4-12(14(27)9-28)19-15(29)7-16(30)20-17(31)8-18(32-21(19)20)11-3-2-10(6-13(11)23)22(24,25)26/h2-3,6-8,12,14,28-30H,4-5,9H2,1H3/t12?,14-/m0/s1. The van der Waals surface area contributed by atoms with E-state index in [4.69, 9.17) is 16.0 Å². The number of aromatic hydroxyl groups is 2. The lowest BCUT2D eigenvalue weighted by molar-refractivity contribution is -0.137. The molecule has 10 heteroatoms. The molecule has 4 rings (SSSR count). The summed E-state index contributed by atoms with van der Waals surface area (Å²) >= 11 is 6.07. The van der Waals surface area contributed by atoms with Crippen molar-refractivity contribution in [3.05, 3.63) is 56.7 Å². The largest absolute Gasteiger partial charge is 0.507 e. The van der Waals surface area contributed by atoms with Crippen LogP contribution in [0.4, 0.5) is 13.2 Å². The van der Waals surface area contributed by atoms with Gasteiger partial charge in [-0.05, 0) is 38.2 Å². The van der Waals surface area contributed by atoms with Gasteiger partial charge in [0.05, 0.1) is 17.2 Å². The molecule has 2 atom stereocenters. The van der Waals surface area contributed by atoms with Gasteiger partial charge in [0.15, 0.2) is 5.43 Å². The highest BCUT2D eigenvalue weighted by Gasteiger charge is 2.37. The number of likely N-dealkylation sites (N-methyl/N-ethyl adjacent to an activating group) is 1. The van der Waals surface area contributed by atoms with E-state index in [1.54, 1.807) is 0 Å². The average Bonchev–Trinajstić information content (AvgIpc) is 3.06. The first-order chi connectivity index (χ1) is 15.0. The molecule has 3 N–H and O–H groups in total. The van der Waals surface area contributed by atoms with Crippen molar-refractivity contribution in [3.63, 3.8) is 0 Å². The van der Waals surface area contributed by atoms with Crippen LogP contribution in [-0.4, -0.2) is 46.5 Å². The van der Waals surface area contributed by atoms with E-state index in [1.165, 1.54) is 0 Å². The Labute approximate surface area is 185 Å². The molecule has 170 valence electrons. The van der Waals surface area contributed by atoms with Crippen LogP contribution in [0.3, 0.4) is 0 Å². The number of benzene rings is 2. The summed E-state index contributed by atoms with van der Waals surface area (Å²) in [4.78, 5) is 14.7. The summed E-state index contributed by atoms with van der Waals surface area (Å²) in [5, 5.41) is 30.3. The van der Waals surface area contributed by atoms with Crippen molar-refractivity contribution < 1.29 is 32.9 Å². The highest BCUT2D eigenvalue weighted by atomic mass is 35.5. The lowest BCUT2D eigenvalue weighted by Gasteiger charge is -2.24. The Morgan fingerprint density at radius 2 is 1.91 bits per heavy atom. The van der Waals surface area contributed by atoms with Crippen LogP contribution in [0.25, 0.3) is 22.3 Å². The van der Waals surface area contributed by atoms with Crippen LogP contribution in [0.1, 0.15) is 23.5 Å². The van der Waals surface area contributed by atoms with E-state index in [0.29, 0.717) is 13.0 Å². The number of alkyl halides is 3.